The van der Waals surface area contributed by atoms with Crippen LogP contribution in [0.3, 0.4) is 0 Å². The van der Waals surface area contributed by atoms with E-state index in [4.69, 9.17) is 14.9 Å². The maximum Gasteiger partial charge on any atom is 0.414 e. The molecular formula is C26H33BrN4O7. The lowest BCUT2D eigenvalue weighted by Crippen LogP contribution is -2.43. The molecule has 0 saturated heterocycles. The van der Waals surface area contributed by atoms with Crippen LogP contribution in [0.4, 0.5) is 26.7 Å². The Morgan fingerprint density at radius 3 is 2.16 bits per heavy atom. The highest BCUT2D eigenvalue weighted by molar-refractivity contribution is 9.09. The molecule has 0 aromatic heterocycles. The maximum absolute atomic E-state index is 12.5. The van der Waals surface area contributed by atoms with E-state index in [0.29, 0.717) is 16.9 Å². The molecule has 1 atom stereocenters. The second-order valence-electron chi connectivity index (χ2n) is 8.42. The largest absolute Gasteiger partial charge is 0.481 e. The SMILES string of the molecule is CCCN(CCBr)c1ccc(N(C)C(=O)OCc2ccc(NC(=O)NC(CCC(=O)O)C(=O)O)cc2)cc1. The van der Waals surface area contributed by atoms with Crippen LogP contribution in [0, 0.1) is 0 Å². The Bertz CT molecular complexity index is 1070. The third-order valence-corrected chi connectivity index (χ3v) is 5.90. The number of amides is 3. The predicted molar refractivity (Wildman–Crippen MR) is 148 cm³/mol. The lowest BCUT2D eigenvalue weighted by atomic mass is 10.1. The van der Waals surface area contributed by atoms with Gasteiger partial charge in [0.05, 0.1) is 0 Å². The van der Waals surface area contributed by atoms with E-state index in [-0.39, 0.29) is 19.4 Å². The number of carboxylic acids is 2. The average molecular weight is 593 g/mol. The number of halogens is 1. The zero-order valence-electron chi connectivity index (χ0n) is 21.4. The van der Waals surface area contributed by atoms with Crippen LogP contribution in [0.5, 0.6) is 0 Å². The topological polar surface area (TPSA) is 149 Å². The quantitative estimate of drug-likeness (QED) is 0.234. The van der Waals surface area contributed by atoms with Crippen molar-refractivity contribution < 1.29 is 34.1 Å². The third-order valence-electron chi connectivity index (χ3n) is 5.55. The molecule has 0 aliphatic carbocycles. The fourth-order valence-electron chi connectivity index (χ4n) is 3.51. The number of anilines is 3. The van der Waals surface area contributed by atoms with Gasteiger partial charge in [0.2, 0.25) is 0 Å². The molecule has 0 aliphatic heterocycles. The van der Waals surface area contributed by atoms with Gasteiger partial charge in [-0.05, 0) is 54.8 Å². The first-order valence-corrected chi connectivity index (χ1v) is 13.2. The Morgan fingerprint density at radius 2 is 1.61 bits per heavy atom. The number of nitrogens with one attached hydrogen (secondary N) is 2. The second kappa shape index (κ2) is 15.5. The molecule has 3 amide bonds. The summed E-state index contributed by atoms with van der Waals surface area (Å²) in [4.78, 5) is 50.2. The van der Waals surface area contributed by atoms with Gasteiger partial charge in [0, 0.05) is 49.0 Å². The Morgan fingerprint density at radius 1 is 0.974 bits per heavy atom. The second-order valence-corrected chi connectivity index (χ2v) is 9.22. The Labute approximate surface area is 229 Å². The summed E-state index contributed by atoms with van der Waals surface area (Å²) in [7, 11) is 1.63. The Balaban J connectivity index is 1.87. The third kappa shape index (κ3) is 9.92. The normalized spacial score (nSPS) is 11.2. The molecule has 206 valence electrons. The molecule has 0 spiro atoms. The van der Waals surface area contributed by atoms with Crippen molar-refractivity contribution in [2.75, 3.05) is 40.6 Å². The summed E-state index contributed by atoms with van der Waals surface area (Å²) in [5.74, 6) is -2.48. The van der Waals surface area contributed by atoms with Crippen molar-refractivity contribution in [2.24, 2.45) is 0 Å². The van der Waals surface area contributed by atoms with Crippen LogP contribution in [-0.2, 0) is 20.9 Å². The molecule has 2 aromatic carbocycles. The minimum Gasteiger partial charge on any atom is -0.481 e. The van der Waals surface area contributed by atoms with E-state index in [1.165, 1.54) is 4.90 Å². The standard InChI is InChI=1S/C26H33BrN4O7/c1-3-15-31(16-14-27)21-10-8-20(9-11-21)30(2)26(37)38-17-18-4-6-19(7-5-18)28-25(36)29-22(24(34)35)12-13-23(32)33/h4-11,22H,3,12-17H2,1-2H3,(H,32,33)(H,34,35)(H2,28,29,36). The predicted octanol–water partition coefficient (Wildman–Crippen LogP) is 4.51. The minimum absolute atomic E-state index is 0.0134. The lowest BCUT2D eigenvalue weighted by Gasteiger charge is -2.24. The number of hydrogen-bond donors (Lipinski definition) is 4. The van der Waals surface area contributed by atoms with Crippen molar-refractivity contribution >= 4 is 57.1 Å². The highest BCUT2D eigenvalue weighted by Gasteiger charge is 2.21. The molecule has 0 aliphatic rings. The number of carboxylic acid groups (broad SMARTS) is 2. The number of benzene rings is 2. The molecule has 4 N–H and O–H groups in total. The molecule has 11 nitrogen and oxygen atoms in total. The number of alkyl halides is 1. The van der Waals surface area contributed by atoms with Crippen LogP contribution in [0.2, 0.25) is 0 Å². The van der Waals surface area contributed by atoms with Gasteiger partial charge < -0.3 is 30.5 Å². The van der Waals surface area contributed by atoms with Crippen LogP contribution in [0.25, 0.3) is 0 Å². The van der Waals surface area contributed by atoms with E-state index in [1.54, 1.807) is 31.3 Å². The first-order valence-electron chi connectivity index (χ1n) is 12.1. The minimum atomic E-state index is -1.33. The van der Waals surface area contributed by atoms with Gasteiger partial charge in [-0.2, -0.15) is 0 Å². The van der Waals surface area contributed by atoms with Crippen LogP contribution in [-0.4, -0.2) is 65.8 Å². The zero-order chi connectivity index (χ0) is 28.1. The van der Waals surface area contributed by atoms with Crippen molar-refractivity contribution in [3.05, 3.63) is 54.1 Å². The molecule has 0 heterocycles. The molecule has 38 heavy (non-hydrogen) atoms. The van der Waals surface area contributed by atoms with Crippen molar-refractivity contribution in [1.29, 1.82) is 0 Å². The summed E-state index contributed by atoms with van der Waals surface area (Å²) in [5.41, 5.74) is 2.85. The van der Waals surface area contributed by atoms with Gasteiger partial charge in [-0.15, -0.1) is 0 Å². The van der Waals surface area contributed by atoms with Gasteiger partial charge in [-0.1, -0.05) is 35.0 Å². The van der Waals surface area contributed by atoms with E-state index in [1.807, 2.05) is 24.3 Å². The van der Waals surface area contributed by atoms with E-state index in [9.17, 15) is 19.2 Å². The van der Waals surface area contributed by atoms with Crippen LogP contribution in [0.15, 0.2) is 48.5 Å². The van der Waals surface area contributed by atoms with Gasteiger partial charge >= 0.3 is 24.1 Å². The summed E-state index contributed by atoms with van der Waals surface area (Å²) < 4.78 is 5.40. The number of ether oxygens (including phenoxy) is 1. The molecule has 0 fully saturated rings. The molecule has 2 rings (SSSR count). The van der Waals surface area contributed by atoms with Gasteiger partial charge in [-0.3, -0.25) is 9.69 Å². The highest BCUT2D eigenvalue weighted by Crippen LogP contribution is 2.21. The first kappa shape index (κ1) is 30.4. The van der Waals surface area contributed by atoms with Gasteiger partial charge in [-0.25, -0.2) is 14.4 Å². The summed E-state index contributed by atoms with van der Waals surface area (Å²) in [5, 5.41) is 23.4. The molecule has 0 saturated carbocycles. The van der Waals surface area contributed by atoms with Gasteiger partial charge in [0.25, 0.3) is 0 Å². The number of carbonyl (C=O) groups is 4. The number of aliphatic carboxylic acids is 2. The van der Waals surface area contributed by atoms with E-state index >= 15 is 0 Å². The maximum atomic E-state index is 12.5. The summed E-state index contributed by atoms with van der Waals surface area (Å²) in [6.07, 6.45) is -0.119. The molecule has 0 bridgehead atoms. The molecular weight excluding hydrogens is 560 g/mol. The number of nitrogens with zero attached hydrogens (tertiary/aromatic N) is 2. The average Bonchev–Trinajstić information content (AvgIpc) is 2.89. The first-order chi connectivity index (χ1) is 18.1. The number of carbonyl (C=O) groups excluding carboxylic acids is 2. The van der Waals surface area contributed by atoms with Crippen molar-refractivity contribution in [3.63, 3.8) is 0 Å². The van der Waals surface area contributed by atoms with E-state index in [0.717, 1.165) is 30.5 Å². The number of urea groups is 1. The van der Waals surface area contributed by atoms with E-state index in [2.05, 4.69) is 38.4 Å². The van der Waals surface area contributed by atoms with Gasteiger partial charge in [0.1, 0.15) is 12.6 Å². The molecule has 1 unspecified atom stereocenters. The number of rotatable bonds is 14. The fraction of sp³-hybridized carbons (Fsp3) is 0.385. The zero-order valence-corrected chi connectivity index (χ0v) is 22.9. The van der Waals surface area contributed by atoms with Crippen LogP contribution in [0.1, 0.15) is 31.7 Å². The highest BCUT2D eigenvalue weighted by atomic mass is 79.9. The molecule has 12 heteroatoms. The van der Waals surface area contributed by atoms with Gasteiger partial charge in [0.15, 0.2) is 0 Å². The van der Waals surface area contributed by atoms with E-state index < -0.39 is 30.1 Å². The molecule has 0 radical (unpaired) electrons. The Hall–Kier alpha value is -3.80. The number of hydrogen-bond acceptors (Lipinski definition) is 6. The lowest BCUT2D eigenvalue weighted by molar-refractivity contribution is -0.140. The van der Waals surface area contributed by atoms with Crippen molar-refractivity contribution in [2.45, 2.75) is 38.8 Å². The fourth-order valence-corrected chi connectivity index (χ4v) is 3.94. The van der Waals surface area contributed by atoms with Crippen molar-refractivity contribution in [3.8, 4) is 0 Å². The molecule has 2 aromatic rings. The van der Waals surface area contributed by atoms with Crippen molar-refractivity contribution in [1.82, 2.24) is 5.32 Å². The Kier molecular flexibility index (Phi) is 12.4. The monoisotopic (exact) mass is 592 g/mol. The van der Waals surface area contributed by atoms with Crippen LogP contribution >= 0.6 is 15.9 Å². The summed E-state index contributed by atoms with van der Waals surface area (Å²) >= 11 is 3.48. The smallest absolute Gasteiger partial charge is 0.414 e. The van der Waals surface area contributed by atoms with Crippen LogP contribution < -0.4 is 20.4 Å². The summed E-state index contributed by atoms with van der Waals surface area (Å²) in [6, 6.07) is 12.0. The summed E-state index contributed by atoms with van der Waals surface area (Å²) in [6.45, 7) is 3.97.